The van der Waals surface area contributed by atoms with Crippen molar-refractivity contribution in [1.29, 1.82) is 0 Å². The van der Waals surface area contributed by atoms with E-state index in [1.807, 2.05) is 4.90 Å². The molecule has 5 nitrogen and oxygen atoms in total. The summed E-state index contributed by atoms with van der Waals surface area (Å²) in [6.07, 6.45) is 5.94. The molecule has 2 aliphatic rings. The largest absolute Gasteiger partial charge is 0.378 e. The molecule has 6 heteroatoms. The highest BCUT2D eigenvalue weighted by Crippen LogP contribution is 2.20. The molecule has 1 amide bonds. The quantitative estimate of drug-likeness (QED) is 0.344. The van der Waals surface area contributed by atoms with Gasteiger partial charge in [0.05, 0.1) is 19.3 Å². The maximum atomic E-state index is 11.1. The lowest BCUT2D eigenvalue weighted by molar-refractivity contribution is 0.0666. The molecule has 2 fully saturated rings. The molecule has 2 rings (SSSR count). The first kappa shape index (κ1) is 13.6. The van der Waals surface area contributed by atoms with Crippen molar-refractivity contribution >= 4 is 22.9 Å². The number of hydrogen-bond donors (Lipinski definition) is 1. The van der Waals surface area contributed by atoms with Gasteiger partial charge in [0.2, 0.25) is 5.96 Å². The number of aliphatic imine (C=N–C) groups is 1. The first-order valence-corrected chi connectivity index (χ1v) is 7.00. The number of nitrogens with zero attached hydrogens (tertiary/aromatic N) is 2. The number of rotatable bonds is 1. The summed E-state index contributed by atoms with van der Waals surface area (Å²) in [5, 5.41) is 2.07. The van der Waals surface area contributed by atoms with Crippen molar-refractivity contribution < 1.29 is 9.53 Å². The SMILES string of the molecule is O=C(Cl)NC(=NC1CCCCC1)N1CCOCC1. The summed E-state index contributed by atoms with van der Waals surface area (Å²) < 4.78 is 5.30. The Labute approximate surface area is 113 Å². The molecule has 0 spiro atoms. The van der Waals surface area contributed by atoms with Crippen LogP contribution in [0.5, 0.6) is 0 Å². The highest BCUT2D eigenvalue weighted by Gasteiger charge is 2.19. The lowest BCUT2D eigenvalue weighted by Crippen LogP contribution is -2.48. The first-order valence-electron chi connectivity index (χ1n) is 6.62. The molecule has 1 N–H and O–H groups in total. The van der Waals surface area contributed by atoms with E-state index in [4.69, 9.17) is 16.3 Å². The van der Waals surface area contributed by atoms with Crippen LogP contribution in [0.4, 0.5) is 4.79 Å². The number of carbonyl (C=O) groups excluding carboxylic acids is 1. The van der Waals surface area contributed by atoms with Gasteiger partial charge in [-0.25, -0.2) is 4.99 Å². The maximum absolute atomic E-state index is 11.1. The van der Waals surface area contributed by atoms with Gasteiger partial charge in [0, 0.05) is 13.1 Å². The van der Waals surface area contributed by atoms with Crippen molar-refractivity contribution in [1.82, 2.24) is 10.2 Å². The Morgan fingerprint density at radius 2 is 1.89 bits per heavy atom. The van der Waals surface area contributed by atoms with Crippen molar-refractivity contribution in [2.45, 2.75) is 38.1 Å². The van der Waals surface area contributed by atoms with E-state index in [1.54, 1.807) is 0 Å². The van der Waals surface area contributed by atoms with Crippen molar-refractivity contribution in [3.63, 3.8) is 0 Å². The Morgan fingerprint density at radius 3 is 2.50 bits per heavy atom. The Bertz CT molecular complexity index is 310. The van der Waals surface area contributed by atoms with Crippen LogP contribution in [0, 0.1) is 0 Å². The van der Waals surface area contributed by atoms with Gasteiger partial charge in [0.1, 0.15) is 0 Å². The Kier molecular flexibility index (Phi) is 5.26. The normalized spacial score (nSPS) is 22.9. The summed E-state index contributed by atoms with van der Waals surface area (Å²) in [5.74, 6) is 0.616. The van der Waals surface area contributed by atoms with Gasteiger partial charge < -0.3 is 9.64 Å². The zero-order valence-corrected chi connectivity index (χ0v) is 11.3. The van der Waals surface area contributed by atoms with Gasteiger partial charge in [-0.1, -0.05) is 19.3 Å². The summed E-state index contributed by atoms with van der Waals surface area (Å²) in [6.45, 7) is 2.84. The van der Waals surface area contributed by atoms with Crippen LogP contribution >= 0.6 is 11.6 Å². The van der Waals surface area contributed by atoms with E-state index in [1.165, 1.54) is 19.3 Å². The Balaban J connectivity index is 2.02. The molecule has 1 aliphatic heterocycles. The molecule has 18 heavy (non-hydrogen) atoms. The number of nitrogens with one attached hydrogen (secondary N) is 1. The lowest BCUT2D eigenvalue weighted by atomic mass is 9.96. The Morgan fingerprint density at radius 1 is 1.22 bits per heavy atom. The van der Waals surface area contributed by atoms with Gasteiger partial charge in [0.25, 0.3) is 0 Å². The van der Waals surface area contributed by atoms with Crippen LogP contribution in [0.3, 0.4) is 0 Å². The van der Waals surface area contributed by atoms with Crippen LogP contribution < -0.4 is 5.32 Å². The zero-order chi connectivity index (χ0) is 12.8. The third kappa shape index (κ3) is 4.14. The zero-order valence-electron chi connectivity index (χ0n) is 10.5. The molecule has 102 valence electrons. The summed E-state index contributed by atoms with van der Waals surface area (Å²) >= 11 is 5.42. The fraction of sp³-hybridized carbons (Fsp3) is 0.833. The molecule has 0 radical (unpaired) electrons. The molecule has 0 aromatic rings. The summed E-state index contributed by atoms with van der Waals surface area (Å²) in [5.41, 5.74) is 0. The third-order valence-corrected chi connectivity index (χ3v) is 3.49. The predicted molar refractivity (Wildman–Crippen MR) is 71.1 cm³/mol. The smallest absolute Gasteiger partial charge is 0.320 e. The summed E-state index contributed by atoms with van der Waals surface area (Å²) in [4.78, 5) is 17.8. The van der Waals surface area contributed by atoms with Crippen molar-refractivity contribution in [2.24, 2.45) is 4.99 Å². The summed E-state index contributed by atoms with van der Waals surface area (Å²) in [7, 11) is 0. The first-order chi connectivity index (χ1) is 8.75. The number of guanidine groups is 1. The number of ether oxygens (including phenoxy) is 1. The topological polar surface area (TPSA) is 53.9 Å². The van der Waals surface area contributed by atoms with E-state index < -0.39 is 5.37 Å². The summed E-state index contributed by atoms with van der Waals surface area (Å²) in [6, 6.07) is 0.320. The van der Waals surface area contributed by atoms with Crippen molar-refractivity contribution in [2.75, 3.05) is 26.3 Å². The Hall–Kier alpha value is -0.810. The standard InChI is InChI=1S/C12H20ClN3O2/c13-11(17)15-12(16-6-8-18-9-7-16)14-10-4-2-1-3-5-10/h10H,1-9H2,(H,14,15,17). The van der Waals surface area contributed by atoms with Crippen LogP contribution in [0.25, 0.3) is 0 Å². The van der Waals surface area contributed by atoms with Gasteiger partial charge in [-0.3, -0.25) is 10.1 Å². The van der Waals surface area contributed by atoms with E-state index in [2.05, 4.69) is 10.3 Å². The van der Waals surface area contributed by atoms with Crippen LogP contribution in [0.2, 0.25) is 0 Å². The second kappa shape index (κ2) is 6.95. The second-order valence-electron chi connectivity index (χ2n) is 4.74. The highest BCUT2D eigenvalue weighted by molar-refractivity contribution is 6.64. The number of morpholine rings is 1. The number of halogens is 1. The van der Waals surface area contributed by atoms with E-state index >= 15 is 0 Å². The molecule has 0 aromatic carbocycles. The highest BCUT2D eigenvalue weighted by atomic mass is 35.5. The minimum Gasteiger partial charge on any atom is -0.378 e. The third-order valence-electron chi connectivity index (χ3n) is 3.40. The molecular formula is C12H20ClN3O2. The van der Waals surface area contributed by atoms with Crippen molar-refractivity contribution in [3.05, 3.63) is 0 Å². The fourth-order valence-corrected chi connectivity index (χ4v) is 2.52. The van der Waals surface area contributed by atoms with Crippen LogP contribution in [-0.2, 0) is 4.74 Å². The maximum Gasteiger partial charge on any atom is 0.320 e. The molecule has 0 bridgehead atoms. The molecule has 0 aromatic heterocycles. The van der Waals surface area contributed by atoms with Crippen LogP contribution in [0.1, 0.15) is 32.1 Å². The minimum absolute atomic E-state index is 0.320. The van der Waals surface area contributed by atoms with Crippen LogP contribution in [0.15, 0.2) is 4.99 Å². The van der Waals surface area contributed by atoms with Crippen LogP contribution in [-0.4, -0.2) is 48.6 Å². The van der Waals surface area contributed by atoms with Gasteiger partial charge in [0.15, 0.2) is 0 Å². The molecule has 0 unspecified atom stereocenters. The second-order valence-corrected chi connectivity index (χ2v) is 5.09. The fourth-order valence-electron chi connectivity index (χ4n) is 2.44. The molecule has 1 heterocycles. The van der Waals surface area contributed by atoms with Gasteiger partial charge in [-0.2, -0.15) is 0 Å². The average Bonchev–Trinajstić information content (AvgIpc) is 2.40. The van der Waals surface area contributed by atoms with E-state index in [-0.39, 0.29) is 0 Å². The minimum atomic E-state index is -0.573. The van der Waals surface area contributed by atoms with Gasteiger partial charge >= 0.3 is 5.37 Å². The lowest BCUT2D eigenvalue weighted by Gasteiger charge is -2.30. The molecule has 1 aliphatic carbocycles. The molecular weight excluding hydrogens is 254 g/mol. The van der Waals surface area contributed by atoms with E-state index in [9.17, 15) is 4.79 Å². The predicted octanol–water partition coefficient (Wildman–Crippen LogP) is 1.96. The van der Waals surface area contributed by atoms with E-state index in [0.717, 1.165) is 25.9 Å². The van der Waals surface area contributed by atoms with Gasteiger partial charge in [-0.15, -0.1) is 0 Å². The molecule has 1 saturated heterocycles. The number of amides is 1. The monoisotopic (exact) mass is 273 g/mol. The number of carbonyl (C=O) groups is 1. The molecule has 1 saturated carbocycles. The van der Waals surface area contributed by atoms with Gasteiger partial charge in [-0.05, 0) is 24.4 Å². The van der Waals surface area contributed by atoms with E-state index in [0.29, 0.717) is 25.2 Å². The average molecular weight is 274 g/mol. The molecule has 0 atom stereocenters. The number of hydrogen-bond acceptors (Lipinski definition) is 3. The van der Waals surface area contributed by atoms with Crippen molar-refractivity contribution in [3.8, 4) is 0 Å².